The molecule has 2 heterocycles. The van der Waals surface area contributed by atoms with Gasteiger partial charge in [0.05, 0.1) is 26.6 Å². The first-order valence-corrected chi connectivity index (χ1v) is 10.0. The monoisotopic (exact) mass is 424 g/mol. The predicted molar refractivity (Wildman–Crippen MR) is 117 cm³/mol. The third-order valence-corrected chi connectivity index (χ3v) is 5.54. The highest BCUT2D eigenvalue weighted by Gasteiger charge is 2.23. The van der Waals surface area contributed by atoms with Crippen molar-refractivity contribution in [3.63, 3.8) is 0 Å². The Hall–Kier alpha value is -3.69. The number of nitrogens with zero attached hydrogens (tertiary/aromatic N) is 5. The van der Waals surface area contributed by atoms with E-state index in [4.69, 9.17) is 9.47 Å². The molecule has 0 unspecified atom stereocenters. The van der Waals surface area contributed by atoms with Crippen molar-refractivity contribution in [2.45, 2.75) is 31.7 Å². The molecule has 162 valence electrons. The minimum absolute atomic E-state index is 0.0290. The third-order valence-electron chi connectivity index (χ3n) is 5.54. The molecule has 0 radical (unpaired) electrons. The summed E-state index contributed by atoms with van der Waals surface area (Å²) in [6.45, 7) is 0. The maximum atomic E-state index is 12.7. The molecule has 1 fully saturated rings. The fourth-order valence-electron chi connectivity index (χ4n) is 3.87. The normalized spacial score (nSPS) is 14.4. The second kappa shape index (κ2) is 8.58. The van der Waals surface area contributed by atoms with E-state index < -0.39 is 11.1 Å². The molecule has 0 atom stereocenters. The van der Waals surface area contributed by atoms with E-state index in [1.165, 1.54) is 15.3 Å². The van der Waals surface area contributed by atoms with Crippen LogP contribution >= 0.6 is 0 Å². The number of anilines is 1. The van der Waals surface area contributed by atoms with Crippen LogP contribution in [0.5, 0.6) is 11.5 Å². The number of benzene rings is 1. The number of hydrogen-bond donors (Lipinski definition) is 1. The molecule has 0 saturated heterocycles. The van der Waals surface area contributed by atoms with Crippen LogP contribution in [0.25, 0.3) is 11.2 Å². The van der Waals surface area contributed by atoms with Crippen LogP contribution in [-0.4, -0.2) is 39.5 Å². The molecule has 1 aromatic carbocycles. The number of hydrogen-bond acceptors (Lipinski definition) is 8. The fraction of sp³-hybridized carbons (Fsp3) is 0.381. The summed E-state index contributed by atoms with van der Waals surface area (Å²) in [5.74, 6) is 1.51. The number of fused-ring (bicyclic) bond motifs is 1. The van der Waals surface area contributed by atoms with Crippen molar-refractivity contribution in [2.24, 2.45) is 12.1 Å². The van der Waals surface area contributed by atoms with E-state index in [0.29, 0.717) is 22.7 Å². The zero-order chi connectivity index (χ0) is 22.0. The van der Waals surface area contributed by atoms with E-state index >= 15 is 0 Å². The van der Waals surface area contributed by atoms with Crippen molar-refractivity contribution in [3.05, 3.63) is 50.7 Å². The zero-order valence-electron chi connectivity index (χ0n) is 17.7. The molecule has 1 aliphatic carbocycles. The van der Waals surface area contributed by atoms with Crippen molar-refractivity contribution in [3.8, 4) is 11.5 Å². The Labute approximate surface area is 178 Å². The molecule has 0 bridgehead atoms. The van der Waals surface area contributed by atoms with E-state index in [1.807, 2.05) is 6.07 Å². The number of aryl methyl sites for hydroxylation is 1. The maximum absolute atomic E-state index is 12.7. The van der Waals surface area contributed by atoms with Gasteiger partial charge in [0.15, 0.2) is 5.65 Å². The van der Waals surface area contributed by atoms with Crippen LogP contribution in [0, 0.1) is 0 Å². The van der Waals surface area contributed by atoms with Crippen LogP contribution in [0.1, 0.15) is 37.3 Å². The lowest BCUT2D eigenvalue weighted by Crippen LogP contribution is -2.42. The van der Waals surface area contributed by atoms with Gasteiger partial charge < -0.3 is 14.0 Å². The zero-order valence-corrected chi connectivity index (χ0v) is 17.7. The van der Waals surface area contributed by atoms with Gasteiger partial charge in [-0.15, -0.1) is 0 Å². The van der Waals surface area contributed by atoms with Gasteiger partial charge in [-0.25, -0.2) is 10.4 Å². The molecule has 2 aromatic heterocycles. The van der Waals surface area contributed by atoms with Gasteiger partial charge in [-0.2, -0.15) is 10.1 Å². The van der Waals surface area contributed by atoms with Crippen LogP contribution < -0.4 is 26.0 Å². The highest BCUT2D eigenvalue weighted by atomic mass is 16.5. The van der Waals surface area contributed by atoms with E-state index in [-0.39, 0.29) is 12.0 Å². The number of methoxy groups -OCH3 is 2. The smallest absolute Gasteiger partial charge is 0.318 e. The van der Waals surface area contributed by atoms with Crippen LogP contribution in [0.2, 0.25) is 0 Å². The van der Waals surface area contributed by atoms with E-state index in [0.717, 1.165) is 31.2 Å². The highest BCUT2D eigenvalue weighted by Crippen LogP contribution is 2.30. The summed E-state index contributed by atoms with van der Waals surface area (Å²) in [4.78, 5) is 33.9. The number of nitrogens with one attached hydrogen (secondary N) is 1. The second-order valence-electron chi connectivity index (χ2n) is 7.36. The number of ether oxygens (including phenoxy) is 2. The van der Waals surface area contributed by atoms with Crippen LogP contribution in [0.3, 0.4) is 0 Å². The lowest BCUT2D eigenvalue weighted by atomic mass is 10.2. The third kappa shape index (κ3) is 3.88. The Bertz CT molecular complexity index is 1260. The van der Waals surface area contributed by atoms with E-state index in [9.17, 15) is 9.59 Å². The Morgan fingerprint density at radius 2 is 1.94 bits per heavy atom. The SMILES string of the molecule is COc1ccc(/C=N/Nc2ncc3c(n2)n(C2CCCC2)c(=O)c(=O)n3C)c(OC)c1. The minimum Gasteiger partial charge on any atom is -0.497 e. The molecule has 1 aliphatic rings. The van der Waals surface area contributed by atoms with Crippen molar-refractivity contribution in [1.82, 2.24) is 19.1 Å². The topological polar surface area (TPSA) is 113 Å². The van der Waals surface area contributed by atoms with Gasteiger partial charge in [0.2, 0.25) is 5.95 Å². The summed E-state index contributed by atoms with van der Waals surface area (Å²) < 4.78 is 13.4. The summed E-state index contributed by atoms with van der Waals surface area (Å²) in [6.07, 6.45) is 6.86. The first-order chi connectivity index (χ1) is 15.0. The van der Waals surface area contributed by atoms with E-state index in [2.05, 4.69) is 20.5 Å². The molecule has 3 aromatic rings. The Balaban J connectivity index is 1.69. The first kappa shape index (κ1) is 20.6. The lowest BCUT2D eigenvalue weighted by molar-refractivity contribution is 0.394. The van der Waals surface area contributed by atoms with Crippen molar-refractivity contribution < 1.29 is 9.47 Å². The average molecular weight is 424 g/mol. The first-order valence-electron chi connectivity index (χ1n) is 10.0. The van der Waals surface area contributed by atoms with Crippen molar-refractivity contribution in [2.75, 3.05) is 19.6 Å². The van der Waals surface area contributed by atoms with Gasteiger partial charge in [-0.1, -0.05) is 12.8 Å². The van der Waals surface area contributed by atoms with Crippen molar-refractivity contribution in [1.29, 1.82) is 0 Å². The highest BCUT2D eigenvalue weighted by molar-refractivity contribution is 5.84. The molecule has 1 saturated carbocycles. The van der Waals surface area contributed by atoms with Gasteiger partial charge in [-0.05, 0) is 25.0 Å². The van der Waals surface area contributed by atoms with E-state index in [1.54, 1.807) is 39.6 Å². The molecule has 10 nitrogen and oxygen atoms in total. The molecule has 0 aliphatic heterocycles. The summed E-state index contributed by atoms with van der Waals surface area (Å²) in [5, 5.41) is 4.20. The maximum Gasteiger partial charge on any atom is 0.318 e. The molecule has 4 rings (SSSR count). The molecule has 31 heavy (non-hydrogen) atoms. The number of rotatable bonds is 6. The van der Waals surface area contributed by atoms with Gasteiger partial charge >= 0.3 is 11.1 Å². The summed E-state index contributed by atoms with van der Waals surface area (Å²) in [5.41, 5.74) is 3.33. The molecule has 0 amide bonds. The average Bonchev–Trinajstić information content (AvgIpc) is 3.32. The van der Waals surface area contributed by atoms with Gasteiger partial charge in [0.1, 0.15) is 17.0 Å². The minimum atomic E-state index is -0.576. The Kier molecular flexibility index (Phi) is 5.70. The molecule has 1 N–H and O–H groups in total. The Morgan fingerprint density at radius 3 is 2.65 bits per heavy atom. The number of aromatic nitrogens is 4. The van der Waals surface area contributed by atoms with Crippen LogP contribution in [0.15, 0.2) is 39.1 Å². The molecular formula is C21H24N6O4. The van der Waals surface area contributed by atoms with Gasteiger partial charge in [-0.3, -0.25) is 14.2 Å². The van der Waals surface area contributed by atoms with Crippen molar-refractivity contribution >= 4 is 23.3 Å². The van der Waals surface area contributed by atoms with Crippen LogP contribution in [0.4, 0.5) is 5.95 Å². The number of hydrazone groups is 1. The largest absolute Gasteiger partial charge is 0.497 e. The molecule has 10 heteroatoms. The summed E-state index contributed by atoms with van der Waals surface area (Å²) in [7, 11) is 4.70. The Morgan fingerprint density at radius 1 is 1.16 bits per heavy atom. The fourth-order valence-corrected chi connectivity index (χ4v) is 3.87. The standard InChI is InChI=1S/C21H24N6O4/c1-26-16-12-22-21(25-23-11-13-8-9-15(30-2)10-17(13)31-3)24-18(16)27(20(29)19(26)28)14-6-4-5-7-14/h8-12,14H,4-7H2,1-3H3,(H,22,24,25)/b23-11+. The molecular weight excluding hydrogens is 400 g/mol. The summed E-state index contributed by atoms with van der Waals surface area (Å²) in [6, 6.07) is 5.35. The van der Waals surface area contributed by atoms with Gasteiger partial charge in [0.25, 0.3) is 0 Å². The van der Waals surface area contributed by atoms with Gasteiger partial charge in [0, 0.05) is 24.7 Å². The quantitative estimate of drug-likeness (QED) is 0.366. The van der Waals surface area contributed by atoms with Crippen LogP contribution in [-0.2, 0) is 7.05 Å². The molecule has 0 spiro atoms. The predicted octanol–water partition coefficient (Wildman–Crippen LogP) is 2.07. The lowest BCUT2D eigenvalue weighted by Gasteiger charge is -2.17. The second-order valence-corrected chi connectivity index (χ2v) is 7.36. The summed E-state index contributed by atoms with van der Waals surface area (Å²) >= 11 is 0.